The van der Waals surface area contributed by atoms with Gasteiger partial charge in [0, 0.05) is 11.6 Å². The van der Waals surface area contributed by atoms with Crippen LogP contribution in [0.25, 0.3) is 0 Å². The lowest BCUT2D eigenvalue weighted by Crippen LogP contribution is -2.26. The third-order valence-electron chi connectivity index (χ3n) is 5.05. The summed E-state index contributed by atoms with van der Waals surface area (Å²) in [6.07, 6.45) is 1.17. The van der Waals surface area contributed by atoms with E-state index in [9.17, 15) is 22.4 Å². The molecule has 1 aliphatic carbocycles. The van der Waals surface area contributed by atoms with Gasteiger partial charge < -0.3 is 10.7 Å². The number of nitrogens with one attached hydrogen (secondary N) is 2. The van der Waals surface area contributed by atoms with Crippen LogP contribution < -0.4 is 5.32 Å². The average Bonchev–Trinajstić information content (AvgIpc) is 2.70. The number of amides is 1. The van der Waals surface area contributed by atoms with E-state index in [4.69, 9.17) is 17.0 Å². The summed E-state index contributed by atoms with van der Waals surface area (Å²) in [4.78, 5) is 12.8. The Morgan fingerprint density at radius 1 is 1.27 bits per heavy atom. The molecule has 0 radical (unpaired) electrons. The number of anilines is 1. The quantitative estimate of drug-likeness (QED) is 0.214. The van der Waals surface area contributed by atoms with Gasteiger partial charge in [-0.3, -0.25) is 4.79 Å². The van der Waals surface area contributed by atoms with E-state index in [1.54, 1.807) is 0 Å². The molecule has 162 valence electrons. The van der Waals surface area contributed by atoms with Crippen LogP contribution in [0.3, 0.4) is 0 Å². The molecule has 1 amide bonds. The molecule has 0 saturated heterocycles. The van der Waals surface area contributed by atoms with Gasteiger partial charge in [-0.1, -0.05) is 49.6 Å². The molecule has 1 saturated carbocycles. The lowest BCUT2D eigenvalue weighted by Gasteiger charge is -2.24. The maximum atomic E-state index is 14.6. The van der Waals surface area contributed by atoms with E-state index in [0.717, 1.165) is 57.2 Å². The minimum atomic E-state index is -4.83. The number of hydrogen-bond donors (Lipinski definition) is 2. The second-order valence-electron chi connectivity index (χ2n) is 6.99. The van der Waals surface area contributed by atoms with Crippen molar-refractivity contribution in [3.63, 3.8) is 0 Å². The Bertz CT molecular complexity index is 897. The minimum absolute atomic E-state index is 0.0329. The Labute approximate surface area is 178 Å². The van der Waals surface area contributed by atoms with Crippen LogP contribution in [0.2, 0.25) is 0 Å². The Morgan fingerprint density at radius 3 is 2.43 bits per heavy atom. The normalized spacial score (nSPS) is 16.7. The first-order chi connectivity index (χ1) is 14.1. The van der Waals surface area contributed by atoms with Crippen molar-refractivity contribution in [3.05, 3.63) is 64.5 Å². The first-order valence-electron chi connectivity index (χ1n) is 9.56. The highest BCUT2D eigenvalue weighted by Gasteiger charge is 2.39. The molecule has 0 heterocycles. The summed E-state index contributed by atoms with van der Waals surface area (Å²) in [5.74, 6) is -2.04. The molecule has 1 fully saturated rings. The second-order valence-corrected chi connectivity index (χ2v) is 7.40. The van der Waals surface area contributed by atoms with E-state index in [-0.39, 0.29) is 22.9 Å². The van der Waals surface area contributed by atoms with Crippen LogP contribution in [-0.2, 0) is 4.79 Å². The monoisotopic (exact) mass is 442 g/mol. The van der Waals surface area contributed by atoms with Gasteiger partial charge in [0.05, 0.1) is 27.4 Å². The zero-order chi connectivity index (χ0) is 22.5. The van der Waals surface area contributed by atoms with Crippen LogP contribution >= 0.6 is 11.6 Å². The van der Waals surface area contributed by atoms with Crippen molar-refractivity contribution in [2.24, 2.45) is 5.92 Å². The zero-order valence-corrected chi connectivity index (χ0v) is 17.3. The summed E-state index contributed by atoms with van der Waals surface area (Å²) >= 11 is 5.87. The summed E-state index contributed by atoms with van der Waals surface area (Å²) in [6, 6.07) is 3.83. The highest BCUT2D eigenvalue weighted by molar-refractivity contribution is 6.34. The maximum Gasteiger partial charge on any atom is 0.416 e. The highest BCUT2D eigenvalue weighted by Crippen LogP contribution is 2.36. The number of carbonyl (C=O) groups excluding carboxylic acids is 1. The fraction of sp³-hybridized carbons (Fsp3) is 0.364. The minimum Gasteiger partial charge on any atom is -0.321 e. The van der Waals surface area contributed by atoms with Gasteiger partial charge in [-0.05, 0) is 38.0 Å². The second kappa shape index (κ2) is 10.1. The van der Waals surface area contributed by atoms with Crippen LogP contribution in [-0.4, -0.2) is 17.8 Å². The lowest BCUT2D eigenvalue weighted by molar-refractivity contribution is -0.115. The number of carbonyl (C=O) groups is 1. The van der Waals surface area contributed by atoms with Crippen molar-refractivity contribution in [3.8, 4) is 0 Å². The Morgan fingerprint density at radius 2 is 1.90 bits per heavy atom. The van der Waals surface area contributed by atoms with Crippen LogP contribution in [0.15, 0.2) is 53.1 Å². The van der Waals surface area contributed by atoms with Crippen molar-refractivity contribution in [2.45, 2.75) is 45.2 Å². The number of halogens is 5. The third-order valence-corrected chi connectivity index (χ3v) is 5.40. The predicted octanol–water partition coefficient (Wildman–Crippen LogP) is 6.90. The number of alkyl halides is 3. The van der Waals surface area contributed by atoms with Gasteiger partial charge in [0.15, 0.2) is 0 Å². The van der Waals surface area contributed by atoms with E-state index in [0.29, 0.717) is 0 Å². The topological polar surface area (TPSA) is 53.0 Å². The molecule has 1 aliphatic rings. The van der Waals surface area contributed by atoms with Crippen molar-refractivity contribution in [1.82, 2.24) is 0 Å². The number of rotatable bonds is 6. The smallest absolute Gasteiger partial charge is 0.321 e. The number of benzene rings is 1. The summed E-state index contributed by atoms with van der Waals surface area (Å²) in [5.41, 5.74) is -2.20. The molecule has 0 bridgehead atoms. The molecule has 8 heteroatoms. The number of allylic oxidation sites excluding steroid dienone is 3. The Kier molecular flexibility index (Phi) is 8.01. The van der Waals surface area contributed by atoms with Crippen LogP contribution in [0.1, 0.15) is 44.6 Å². The van der Waals surface area contributed by atoms with Gasteiger partial charge >= 0.3 is 6.18 Å². The molecule has 0 unspecified atom stereocenters. The van der Waals surface area contributed by atoms with Crippen molar-refractivity contribution >= 4 is 28.9 Å². The summed E-state index contributed by atoms with van der Waals surface area (Å²) in [7, 11) is 0. The highest BCUT2D eigenvalue weighted by atomic mass is 35.5. The zero-order valence-electron chi connectivity index (χ0n) is 16.5. The summed E-state index contributed by atoms with van der Waals surface area (Å²) in [5, 5.41) is 10.3. The molecular formula is C22H23ClF4N2O. The molecule has 2 N–H and O–H groups in total. The van der Waals surface area contributed by atoms with Crippen molar-refractivity contribution in [1.29, 1.82) is 5.41 Å². The molecule has 1 aromatic carbocycles. The molecule has 1 aromatic rings. The molecule has 0 aliphatic heterocycles. The van der Waals surface area contributed by atoms with Gasteiger partial charge in [0.2, 0.25) is 0 Å². The van der Waals surface area contributed by atoms with Crippen LogP contribution in [0, 0.1) is 17.1 Å². The fourth-order valence-corrected chi connectivity index (χ4v) is 3.78. The molecule has 2 rings (SSSR count). The van der Waals surface area contributed by atoms with E-state index >= 15 is 0 Å². The van der Waals surface area contributed by atoms with E-state index in [1.807, 2.05) is 0 Å². The van der Waals surface area contributed by atoms with E-state index in [2.05, 4.69) is 11.9 Å². The molecule has 0 atom stereocenters. The standard InChI is InChI=1S/C22H23ClF4N2O/c1-3-14(22(25,26)27)18(15(23)4-2)21(30)29-17-12-8-11-16(24)19(17)20(28)13-9-6-5-7-10-13/h3-4,8,11-13,28H,2,5-7,9-10H2,1H3,(H,29,30)/b14-3+,18-15-,28-20?. The van der Waals surface area contributed by atoms with Gasteiger partial charge in [-0.2, -0.15) is 13.2 Å². The average molecular weight is 443 g/mol. The predicted molar refractivity (Wildman–Crippen MR) is 111 cm³/mol. The van der Waals surface area contributed by atoms with Gasteiger partial charge in [0.1, 0.15) is 5.82 Å². The molecule has 30 heavy (non-hydrogen) atoms. The molecule has 3 nitrogen and oxygen atoms in total. The Hall–Kier alpha value is -2.41. The molecule has 0 aromatic heterocycles. The maximum absolute atomic E-state index is 14.6. The van der Waals surface area contributed by atoms with Crippen molar-refractivity contribution < 1.29 is 22.4 Å². The largest absolute Gasteiger partial charge is 0.416 e. The van der Waals surface area contributed by atoms with E-state index < -0.39 is 34.1 Å². The summed E-state index contributed by atoms with van der Waals surface area (Å²) < 4.78 is 54.8. The van der Waals surface area contributed by atoms with E-state index in [1.165, 1.54) is 12.1 Å². The van der Waals surface area contributed by atoms with Crippen LogP contribution in [0.5, 0.6) is 0 Å². The van der Waals surface area contributed by atoms with Crippen LogP contribution in [0.4, 0.5) is 23.2 Å². The third kappa shape index (κ3) is 5.39. The number of hydrogen-bond acceptors (Lipinski definition) is 2. The first-order valence-corrected chi connectivity index (χ1v) is 9.94. The molecular weight excluding hydrogens is 420 g/mol. The van der Waals surface area contributed by atoms with Gasteiger partial charge in [-0.25, -0.2) is 4.39 Å². The lowest BCUT2D eigenvalue weighted by atomic mass is 9.83. The first kappa shape index (κ1) is 23.9. The SMILES string of the molecule is C=C/C(Cl)=C(C(=O)Nc1cccc(F)c1C(=N)C1CCCCC1)\C(=C/C)C(F)(F)F. The molecule has 0 spiro atoms. The van der Waals surface area contributed by atoms with Crippen molar-refractivity contribution in [2.75, 3.05) is 5.32 Å². The van der Waals surface area contributed by atoms with Gasteiger partial charge in [-0.15, -0.1) is 0 Å². The Balaban J connectivity index is 2.46. The fourth-order valence-electron chi connectivity index (χ4n) is 3.59. The summed E-state index contributed by atoms with van der Waals surface area (Å²) in [6.45, 7) is 4.47. The van der Waals surface area contributed by atoms with Gasteiger partial charge in [0.25, 0.3) is 5.91 Å².